The maximum Gasteiger partial charge on any atom is 0.119 e. The molecule has 0 aliphatic heterocycles. The Bertz CT molecular complexity index is 402. The second kappa shape index (κ2) is 7.71. The highest BCUT2D eigenvalue weighted by molar-refractivity contribution is 5.33. The van der Waals surface area contributed by atoms with Crippen LogP contribution in [0.5, 0.6) is 5.75 Å². The third-order valence-corrected chi connectivity index (χ3v) is 4.89. The van der Waals surface area contributed by atoms with E-state index >= 15 is 0 Å². The van der Waals surface area contributed by atoms with Gasteiger partial charge >= 0.3 is 0 Å². The Morgan fingerprint density at radius 1 is 1.00 bits per heavy atom. The van der Waals surface area contributed by atoms with E-state index < -0.39 is 0 Å². The number of ether oxygens (including phenoxy) is 1. The molecule has 0 atom stereocenters. The molecule has 0 radical (unpaired) electrons. The standard InChI is InChI=1S/C19H30O/c1-15-7-10-18(11-8-15)6-4-5-13-20-19-12-9-16(2)17(3)14-19/h9,12,14-15,18H,4-8,10-11,13H2,1-3H3. The van der Waals surface area contributed by atoms with Gasteiger partial charge in [-0.3, -0.25) is 0 Å². The molecule has 0 unspecified atom stereocenters. The Balaban J connectivity index is 1.58. The first-order chi connectivity index (χ1) is 9.65. The van der Waals surface area contributed by atoms with Crippen molar-refractivity contribution in [3.63, 3.8) is 0 Å². The molecule has 1 aromatic rings. The zero-order valence-corrected chi connectivity index (χ0v) is 13.5. The number of aryl methyl sites for hydroxylation is 2. The van der Waals surface area contributed by atoms with Crippen LogP contribution < -0.4 is 4.74 Å². The first-order valence-corrected chi connectivity index (χ1v) is 8.35. The smallest absolute Gasteiger partial charge is 0.119 e. The van der Waals surface area contributed by atoms with Gasteiger partial charge in [0.25, 0.3) is 0 Å². The van der Waals surface area contributed by atoms with Crippen LogP contribution in [0.2, 0.25) is 0 Å². The molecule has 0 heterocycles. The van der Waals surface area contributed by atoms with Gasteiger partial charge in [0, 0.05) is 0 Å². The van der Waals surface area contributed by atoms with E-state index in [-0.39, 0.29) is 0 Å². The maximum absolute atomic E-state index is 5.85. The largest absolute Gasteiger partial charge is 0.494 e. The van der Waals surface area contributed by atoms with Crippen molar-refractivity contribution in [2.75, 3.05) is 6.61 Å². The van der Waals surface area contributed by atoms with Gasteiger partial charge in [0.2, 0.25) is 0 Å². The average molecular weight is 274 g/mol. The van der Waals surface area contributed by atoms with Crippen LogP contribution in [-0.2, 0) is 0 Å². The van der Waals surface area contributed by atoms with Crippen molar-refractivity contribution < 1.29 is 4.74 Å². The van der Waals surface area contributed by atoms with E-state index in [9.17, 15) is 0 Å². The van der Waals surface area contributed by atoms with E-state index in [0.717, 1.165) is 24.2 Å². The molecule has 1 aliphatic rings. The molecular formula is C19H30O. The van der Waals surface area contributed by atoms with Crippen LogP contribution in [0.25, 0.3) is 0 Å². The van der Waals surface area contributed by atoms with Crippen LogP contribution in [0.4, 0.5) is 0 Å². The van der Waals surface area contributed by atoms with Gasteiger partial charge in [0.15, 0.2) is 0 Å². The average Bonchev–Trinajstić information content (AvgIpc) is 2.44. The number of hydrogen-bond donors (Lipinski definition) is 0. The summed E-state index contributed by atoms with van der Waals surface area (Å²) < 4.78 is 5.85. The highest BCUT2D eigenvalue weighted by atomic mass is 16.5. The molecule has 0 aromatic heterocycles. The summed E-state index contributed by atoms with van der Waals surface area (Å²) in [6, 6.07) is 6.39. The summed E-state index contributed by atoms with van der Waals surface area (Å²) >= 11 is 0. The number of rotatable bonds is 6. The van der Waals surface area contributed by atoms with Gasteiger partial charge in [-0.2, -0.15) is 0 Å². The van der Waals surface area contributed by atoms with Crippen LogP contribution in [-0.4, -0.2) is 6.61 Å². The van der Waals surface area contributed by atoms with Gasteiger partial charge in [-0.25, -0.2) is 0 Å². The van der Waals surface area contributed by atoms with Gasteiger partial charge in [-0.1, -0.05) is 45.1 Å². The van der Waals surface area contributed by atoms with Crippen LogP contribution in [0.3, 0.4) is 0 Å². The highest BCUT2D eigenvalue weighted by Crippen LogP contribution is 2.31. The van der Waals surface area contributed by atoms with Crippen molar-refractivity contribution >= 4 is 0 Å². The minimum atomic E-state index is 0.867. The van der Waals surface area contributed by atoms with Crippen molar-refractivity contribution in [2.24, 2.45) is 11.8 Å². The van der Waals surface area contributed by atoms with Crippen LogP contribution in [0, 0.1) is 25.7 Å². The third kappa shape index (κ3) is 4.85. The lowest BCUT2D eigenvalue weighted by Crippen LogP contribution is -2.12. The number of unbranched alkanes of at least 4 members (excludes halogenated alkanes) is 1. The minimum absolute atomic E-state index is 0.867. The SMILES string of the molecule is Cc1ccc(OCCCCC2CCC(C)CC2)cc1C. The van der Waals surface area contributed by atoms with E-state index in [1.165, 1.54) is 56.1 Å². The summed E-state index contributed by atoms with van der Waals surface area (Å²) in [6.45, 7) is 7.55. The molecule has 0 amide bonds. The Kier molecular flexibility index (Phi) is 5.94. The van der Waals surface area contributed by atoms with Crippen molar-refractivity contribution in [1.82, 2.24) is 0 Å². The Morgan fingerprint density at radius 2 is 1.75 bits per heavy atom. The normalized spacial score (nSPS) is 22.8. The molecule has 0 bridgehead atoms. The molecule has 1 fully saturated rings. The van der Waals surface area contributed by atoms with Crippen LogP contribution in [0.1, 0.15) is 63.0 Å². The second-order valence-electron chi connectivity index (χ2n) is 6.72. The monoisotopic (exact) mass is 274 g/mol. The zero-order valence-electron chi connectivity index (χ0n) is 13.5. The number of hydrogen-bond acceptors (Lipinski definition) is 1. The van der Waals surface area contributed by atoms with E-state index in [4.69, 9.17) is 4.74 Å². The van der Waals surface area contributed by atoms with Gasteiger partial charge in [0.1, 0.15) is 5.75 Å². The fraction of sp³-hybridized carbons (Fsp3) is 0.684. The molecule has 0 N–H and O–H groups in total. The Hall–Kier alpha value is -0.980. The lowest BCUT2D eigenvalue weighted by molar-refractivity contribution is 0.257. The van der Waals surface area contributed by atoms with Crippen LogP contribution >= 0.6 is 0 Å². The summed E-state index contributed by atoms with van der Waals surface area (Å²) in [7, 11) is 0. The van der Waals surface area contributed by atoms with Crippen LogP contribution in [0.15, 0.2) is 18.2 Å². The summed E-state index contributed by atoms with van der Waals surface area (Å²) in [6.07, 6.45) is 9.73. The zero-order chi connectivity index (χ0) is 14.4. The predicted octanol–water partition coefficient (Wildman–Crippen LogP) is 5.68. The highest BCUT2D eigenvalue weighted by Gasteiger charge is 2.17. The van der Waals surface area contributed by atoms with Crippen molar-refractivity contribution in [3.8, 4) is 5.75 Å². The van der Waals surface area contributed by atoms with Crippen molar-refractivity contribution in [3.05, 3.63) is 29.3 Å². The summed E-state index contributed by atoms with van der Waals surface area (Å²) in [5.41, 5.74) is 2.66. The molecular weight excluding hydrogens is 244 g/mol. The molecule has 0 spiro atoms. The lowest BCUT2D eigenvalue weighted by Gasteiger charge is -2.26. The molecule has 20 heavy (non-hydrogen) atoms. The molecule has 0 saturated heterocycles. The first-order valence-electron chi connectivity index (χ1n) is 8.35. The predicted molar refractivity (Wildman–Crippen MR) is 86.4 cm³/mol. The van der Waals surface area contributed by atoms with Gasteiger partial charge < -0.3 is 4.74 Å². The third-order valence-electron chi connectivity index (χ3n) is 4.89. The second-order valence-corrected chi connectivity index (χ2v) is 6.72. The maximum atomic E-state index is 5.85. The molecule has 1 heteroatoms. The fourth-order valence-corrected chi connectivity index (χ4v) is 3.15. The Morgan fingerprint density at radius 3 is 2.45 bits per heavy atom. The molecule has 1 nitrogen and oxygen atoms in total. The van der Waals surface area contributed by atoms with Gasteiger partial charge in [-0.05, 0) is 61.8 Å². The number of benzene rings is 1. The molecule has 1 aliphatic carbocycles. The summed E-state index contributed by atoms with van der Waals surface area (Å²) in [5.74, 6) is 2.99. The van der Waals surface area contributed by atoms with Crippen molar-refractivity contribution in [2.45, 2.75) is 65.7 Å². The quantitative estimate of drug-likeness (QED) is 0.606. The summed E-state index contributed by atoms with van der Waals surface area (Å²) in [4.78, 5) is 0. The van der Waals surface area contributed by atoms with Gasteiger partial charge in [0.05, 0.1) is 6.61 Å². The summed E-state index contributed by atoms with van der Waals surface area (Å²) in [5, 5.41) is 0. The fourth-order valence-electron chi connectivity index (χ4n) is 3.15. The molecule has 1 saturated carbocycles. The van der Waals surface area contributed by atoms with Crippen molar-refractivity contribution in [1.29, 1.82) is 0 Å². The first kappa shape index (κ1) is 15.4. The lowest BCUT2D eigenvalue weighted by atomic mass is 9.81. The molecule has 1 aromatic carbocycles. The molecule has 2 rings (SSSR count). The van der Waals surface area contributed by atoms with E-state index in [1.807, 2.05) is 0 Å². The van der Waals surface area contributed by atoms with E-state index in [2.05, 4.69) is 39.0 Å². The Labute approximate surface area is 124 Å². The minimum Gasteiger partial charge on any atom is -0.494 e. The van der Waals surface area contributed by atoms with E-state index in [1.54, 1.807) is 0 Å². The topological polar surface area (TPSA) is 9.23 Å². The molecule has 112 valence electrons. The van der Waals surface area contributed by atoms with E-state index in [0.29, 0.717) is 0 Å². The van der Waals surface area contributed by atoms with Gasteiger partial charge in [-0.15, -0.1) is 0 Å².